The van der Waals surface area contributed by atoms with Crippen molar-refractivity contribution in [1.29, 1.82) is 0 Å². The molecule has 0 aliphatic rings. The lowest BCUT2D eigenvalue weighted by Crippen LogP contribution is -2.50. The molecule has 0 bridgehead atoms. The Morgan fingerprint density at radius 3 is 2.08 bits per heavy atom. The lowest BCUT2D eigenvalue weighted by Gasteiger charge is -2.42. The number of phosphoric acid groups is 1. The minimum atomic E-state index is -5.24. The van der Waals surface area contributed by atoms with Crippen molar-refractivity contribution in [3.63, 3.8) is 0 Å². The van der Waals surface area contributed by atoms with Gasteiger partial charge in [0.15, 0.2) is 0 Å². The maximum atomic E-state index is 12.3. The number of nitrogens with zero attached hydrogens (tertiary/aromatic N) is 2. The van der Waals surface area contributed by atoms with Gasteiger partial charge in [-0.1, -0.05) is 30.0 Å². The summed E-state index contributed by atoms with van der Waals surface area (Å²) in [5.74, 6) is -0.175. The third-order valence-electron chi connectivity index (χ3n) is 4.38. The van der Waals surface area contributed by atoms with Crippen molar-refractivity contribution in [2.75, 3.05) is 12.4 Å². The van der Waals surface area contributed by atoms with Gasteiger partial charge in [0.05, 0.1) is 29.3 Å². The smallest absolute Gasteiger partial charge is 0.453 e. The highest BCUT2D eigenvalue weighted by Crippen LogP contribution is 2.49. The molecule has 0 aliphatic carbocycles. The fraction of sp³-hybridized carbons (Fsp3) is 0.417. The molecule has 37 heavy (non-hydrogen) atoms. The van der Waals surface area contributed by atoms with Crippen molar-refractivity contribution in [3.8, 4) is 0 Å². The van der Waals surface area contributed by atoms with E-state index in [1.807, 2.05) is 30.3 Å². The summed E-state index contributed by atoms with van der Waals surface area (Å²) >= 11 is 1.49. The molecular weight excluding hydrogens is 521 g/mol. The molecule has 11 nitrogen and oxygen atoms in total. The molecule has 1 amide bonds. The van der Waals surface area contributed by atoms with Gasteiger partial charge in [-0.15, -0.1) is 0 Å². The van der Waals surface area contributed by atoms with Gasteiger partial charge >= 0.3 is 20.0 Å². The van der Waals surface area contributed by atoms with E-state index in [0.717, 1.165) is 14.4 Å². The number of amides is 1. The van der Waals surface area contributed by atoms with E-state index in [2.05, 4.69) is 10.3 Å². The fourth-order valence-electron chi connectivity index (χ4n) is 3.37. The molecule has 1 aromatic heterocycles. The van der Waals surface area contributed by atoms with Gasteiger partial charge in [0.25, 0.3) is 0 Å². The number of benzene rings is 2. The molecule has 0 fully saturated rings. The molecule has 0 spiro atoms. The number of imidazole rings is 1. The second kappa shape index (κ2) is 10.7. The predicted molar refractivity (Wildman–Crippen MR) is 139 cm³/mol. The Balaban J connectivity index is 2.31. The Hall–Kier alpha value is -2.44. The van der Waals surface area contributed by atoms with Crippen LogP contribution in [-0.4, -0.2) is 43.7 Å². The van der Waals surface area contributed by atoms with E-state index in [1.54, 1.807) is 59.7 Å². The summed E-state index contributed by atoms with van der Waals surface area (Å²) in [4.78, 5) is 38.4. The Kier molecular flexibility index (Phi) is 8.45. The number of hydrogen-bond acceptors (Lipinski definition) is 8. The second-order valence-electron chi connectivity index (χ2n) is 9.99. The Bertz CT molecular complexity index is 1280. The normalized spacial score (nSPS) is 13.1. The van der Waals surface area contributed by atoms with Crippen LogP contribution in [0.3, 0.4) is 0 Å². The molecule has 3 rings (SSSR count). The van der Waals surface area contributed by atoms with E-state index in [4.69, 9.17) is 18.7 Å². The van der Waals surface area contributed by atoms with Crippen LogP contribution < -0.4 is 5.32 Å². The SMILES string of the molecule is COC(=O)Nc1nc2cc(Sc3ccccc3)ccc2n1C(OC(C)(C)C)(OC(C)(C)C)OP(=O)(O)O. The lowest BCUT2D eigenvalue weighted by molar-refractivity contribution is -0.450. The molecule has 1 heterocycles. The largest absolute Gasteiger partial charge is 0.475 e. The standard InChI is InChI=1S/C24H32N3O8PS/c1-22(2,3)33-24(34-23(4,5)6,35-36(29,30)31)27-19-14-13-17(37-16-11-9-8-10-12-16)15-18(19)25-20(27)26-21(28)32-7/h8-15H,1-7H3,(H,25,26,28)(H2,29,30,31). The number of phosphoric ester groups is 1. The van der Waals surface area contributed by atoms with E-state index >= 15 is 0 Å². The van der Waals surface area contributed by atoms with Crippen LogP contribution in [0.5, 0.6) is 0 Å². The Morgan fingerprint density at radius 1 is 0.973 bits per heavy atom. The highest BCUT2D eigenvalue weighted by molar-refractivity contribution is 7.99. The summed E-state index contributed by atoms with van der Waals surface area (Å²) in [6, 6.07) is 14.9. The van der Waals surface area contributed by atoms with E-state index in [9.17, 15) is 19.1 Å². The molecule has 3 N–H and O–H groups in total. The number of ether oxygens (including phenoxy) is 3. The van der Waals surface area contributed by atoms with Gasteiger partial charge in [-0.2, -0.15) is 0 Å². The number of rotatable bonds is 8. The summed E-state index contributed by atoms with van der Waals surface area (Å²) in [6.45, 7) is 9.99. The summed E-state index contributed by atoms with van der Waals surface area (Å²) in [7, 11) is -4.07. The molecule has 0 radical (unpaired) electrons. The van der Waals surface area contributed by atoms with Crippen molar-refractivity contribution < 1.29 is 37.9 Å². The van der Waals surface area contributed by atoms with Crippen LogP contribution in [0.4, 0.5) is 10.7 Å². The average Bonchev–Trinajstić information content (AvgIpc) is 3.08. The molecule has 3 aromatic rings. The van der Waals surface area contributed by atoms with Crippen LogP contribution in [0.1, 0.15) is 41.5 Å². The summed E-state index contributed by atoms with van der Waals surface area (Å²) in [6.07, 6.45) is -3.42. The number of carbonyl (C=O) groups excluding carboxylic acids is 1. The third-order valence-corrected chi connectivity index (χ3v) is 5.85. The Morgan fingerprint density at radius 2 is 1.57 bits per heavy atom. The van der Waals surface area contributed by atoms with Crippen molar-refractivity contribution in [3.05, 3.63) is 48.5 Å². The van der Waals surface area contributed by atoms with Crippen molar-refractivity contribution in [2.24, 2.45) is 0 Å². The van der Waals surface area contributed by atoms with Crippen LogP contribution in [-0.2, 0) is 29.4 Å². The van der Waals surface area contributed by atoms with Gasteiger partial charge in [0.2, 0.25) is 5.95 Å². The van der Waals surface area contributed by atoms with Gasteiger partial charge in [-0.3, -0.25) is 5.32 Å². The molecule has 202 valence electrons. The Labute approximate surface area is 219 Å². The molecule has 2 aromatic carbocycles. The maximum Gasteiger partial charge on any atom is 0.475 e. The molecule has 13 heteroatoms. The van der Waals surface area contributed by atoms with Gasteiger partial charge in [0.1, 0.15) is 0 Å². The zero-order valence-electron chi connectivity index (χ0n) is 21.7. The molecule has 0 unspecified atom stereocenters. The maximum absolute atomic E-state index is 12.3. The average molecular weight is 554 g/mol. The summed E-state index contributed by atoms with van der Waals surface area (Å²) in [5, 5.41) is 2.47. The van der Waals surface area contributed by atoms with Crippen molar-refractivity contribution in [2.45, 2.75) is 68.6 Å². The van der Waals surface area contributed by atoms with Crippen LogP contribution in [0.2, 0.25) is 0 Å². The first-order valence-corrected chi connectivity index (χ1v) is 13.6. The minimum Gasteiger partial charge on any atom is -0.453 e. The van der Waals surface area contributed by atoms with Gasteiger partial charge in [-0.05, 0) is 71.9 Å². The number of methoxy groups -OCH3 is 1. The molecule has 0 aliphatic heterocycles. The number of aromatic nitrogens is 2. The van der Waals surface area contributed by atoms with E-state index in [0.29, 0.717) is 11.0 Å². The van der Waals surface area contributed by atoms with E-state index in [-0.39, 0.29) is 5.95 Å². The number of carbonyl (C=O) groups is 1. The number of nitrogens with one attached hydrogen (secondary N) is 1. The number of hydrogen-bond donors (Lipinski definition) is 3. The van der Waals surface area contributed by atoms with Crippen LogP contribution in [0.15, 0.2) is 58.3 Å². The molecule has 0 saturated carbocycles. The first-order chi connectivity index (χ1) is 17.0. The summed E-state index contributed by atoms with van der Waals surface area (Å²) in [5.41, 5.74) is -1.39. The summed E-state index contributed by atoms with van der Waals surface area (Å²) < 4.78 is 35.6. The second-order valence-corrected chi connectivity index (χ2v) is 12.3. The first-order valence-electron chi connectivity index (χ1n) is 11.3. The van der Waals surface area contributed by atoms with Gasteiger partial charge in [0, 0.05) is 9.79 Å². The quantitative estimate of drug-likeness (QED) is 0.236. The van der Waals surface area contributed by atoms with Crippen LogP contribution in [0.25, 0.3) is 11.0 Å². The zero-order chi connectivity index (χ0) is 27.6. The number of fused-ring (bicyclic) bond motifs is 1. The fourth-order valence-corrected chi connectivity index (χ4v) is 4.69. The highest BCUT2D eigenvalue weighted by Gasteiger charge is 2.51. The topological polar surface area (TPSA) is 141 Å². The lowest BCUT2D eigenvalue weighted by atomic mass is 10.2. The van der Waals surface area contributed by atoms with Crippen LogP contribution in [0, 0.1) is 0 Å². The predicted octanol–water partition coefficient (Wildman–Crippen LogP) is 5.67. The highest BCUT2D eigenvalue weighted by atomic mass is 32.2. The first kappa shape index (κ1) is 29.1. The van der Waals surface area contributed by atoms with E-state index < -0.39 is 31.2 Å². The van der Waals surface area contributed by atoms with Gasteiger partial charge in [-0.25, -0.2) is 23.4 Å². The number of anilines is 1. The van der Waals surface area contributed by atoms with Gasteiger partial charge < -0.3 is 24.0 Å². The van der Waals surface area contributed by atoms with Crippen molar-refractivity contribution in [1.82, 2.24) is 9.55 Å². The van der Waals surface area contributed by atoms with Crippen molar-refractivity contribution >= 4 is 42.7 Å². The van der Waals surface area contributed by atoms with E-state index in [1.165, 1.54) is 18.9 Å². The zero-order valence-corrected chi connectivity index (χ0v) is 23.4. The molecule has 0 atom stereocenters. The van der Waals surface area contributed by atoms with Crippen LogP contribution >= 0.6 is 19.6 Å². The molecular formula is C24H32N3O8PS. The molecule has 0 saturated heterocycles. The monoisotopic (exact) mass is 553 g/mol. The minimum absolute atomic E-state index is 0.175. The third kappa shape index (κ3) is 8.02.